The molecule has 136 valence electrons. The summed E-state index contributed by atoms with van der Waals surface area (Å²) < 4.78 is 5.00. The second-order valence-electron chi connectivity index (χ2n) is 5.41. The Kier molecular flexibility index (Phi) is 6.97. The number of ether oxygens (including phenoxy) is 1. The molecule has 0 aromatic heterocycles. The first-order chi connectivity index (χ1) is 10.7. The lowest BCUT2D eigenvalue weighted by Crippen LogP contribution is -2.73. The number of aliphatic hydroxyl groups excluding tert-OH is 8. The first-order valence-electron chi connectivity index (χ1n) is 6.79. The van der Waals surface area contributed by atoms with Gasteiger partial charge in [0.05, 0.1) is 13.2 Å². The van der Waals surface area contributed by atoms with E-state index in [-0.39, 0.29) is 6.29 Å². The third-order valence-corrected chi connectivity index (χ3v) is 3.98. The third-order valence-electron chi connectivity index (χ3n) is 3.98. The number of aldehydes is 1. The van der Waals surface area contributed by atoms with E-state index < -0.39 is 67.6 Å². The summed E-state index contributed by atoms with van der Waals surface area (Å²) in [6, 6.07) is 0. The van der Waals surface area contributed by atoms with Crippen LogP contribution in [0.1, 0.15) is 0 Å². The Bertz CT molecular complexity index is 391. The summed E-state index contributed by atoms with van der Waals surface area (Å²) in [5.41, 5.74) is -3.04. The molecular weight excluding hydrogens is 320 g/mol. The maximum absolute atomic E-state index is 10.8. The van der Waals surface area contributed by atoms with E-state index in [2.05, 4.69) is 0 Å². The number of rotatable bonds is 7. The molecule has 1 saturated heterocycles. The lowest BCUT2D eigenvalue weighted by atomic mass is 9.76. The molecule has 23 heavy (non-hydrogen) atoms. The van der Waals surface area contributed by atoms with Crippen LogP contribution in [0.4, 0.5) is 0 Å². The van der Waals surface area contributed by atoms with Crippen molar-refractivity contribution in [2.24, 2.45) is 0 Å². The quantitative estimate of drug-likeness (QED) is 0.199. The van der Waals surface area contributed by atoms with Gasteiger partial charge in [0.25, 0.3) is 0 Å². The van der Waals surface area contributed by atoms with Crippen molar-refractivity contribution in [2.45, 2.75) is 54.4 Å². The van der Waals surface area contributed by atoms with E-state index in [1.807, 2.05) is 0 Å². The van der Waals surface area contributed by atoms with Crippen LogP contribution in [-0.4, -0.2) is 120 Å². The molecule has 0 aliphatic carbocycles. The molecule has 0 amide bonds. The molecule has 0 bridgehead atoms. The van der Waals surface area contributed by atoms with E-state index in [1.54, 1.807) is 0 Å². The molecule has 0 spiro atoms. The van der Waals surface area contributed by atoms with E-state index in [0.29, 0.717) is 0 Å². The number of carbonyl (C=O) groups excluding carboxylic acids is 1. The van der Waals surface area contributed by atoms with Crippen LogP contribution in [0.15, 0.2) is 0 Å². The zero-order chi connectivity index (χ0) is 17.9. The summed E-state index contributed by atoms with van der Waals surface area (Å²) in [4.78, 5) is 10.8. The second-order valence-corrected chi connectivity index (χ2v) is 5.41. The van der Waals surface area contributed by atoms with Crippen LogP contribution >= 0.6 is 0 Å². The summed E-state index contributed by atoms with van der Waals surface area (Å²) in [7, 11) is 0. The first kappa shape index (κ1) is 20.3. The van der Waals surface area contributed by atoms with Gasteiger partial charge in [-0.1, -0.05) is 0 Å². The zero-order valence-corrected chi connectivity index (χ0v) is 12.0. The van der Waals surface area contributed by atoms with Crippen molar-refractivity contribution in [1.29, 1.82) is 0 Å². The monoisotopic (exact) mass is 342 g/mol. The van der Waals surface area contributed by atoms with Gasteiger partial charge >= 0.3 is 0 Å². The van der Waals surface area contributed by atoms with E-state index >= 15 is 0 Å². The van der Waals surface area contributed by atoms with E-state index in [4.69, 9.17) is 14.9 Å². The van der Waals surface area contributed by atoms with Crippen molar-refractivity contribution in [1.82, 2.24) is 0 Å². The summed E-state index contributed by atoms with van der Waals surface area (Å²) in [5.74, 6) is 0. The molecule has 1 fully saturated rings. The SMILES string of the molecule is O=CC(O)C(O)(C(O)C(O)CO)[C@@H]1O[C@H](CO)[C@@H](O)[C@H](O)[C@H]1O. The molecule has 0 aromatic carbocycles. The van der Waals surface area contributed by atoms with Gasteiger partial charge in [0, 0.05) is 0 Å². The second kappa shape index (κ2) is 7.90. The first-order valence-corrected chi connectivity index (χ1v) is 6.79. The van der Waals surface area contributed by atoms with Crippen molar-refractivity contribution >= 4 is 6.29 Å². The van der Waals surface area contributed by atoms with Crippen LogP contribution in [0.2, 0.25) is 0 Å². The summed E-state index contributed by atoms with van der Waals surface area (Å²) in [6.07, 6.45) is -16.4. The minimum absolute atomic E-state index is 0.214. The normalized spacial score (nSPS) is 38.4. The molecule has 1 heterocycles. The van der Waals surface area contributed by atoms with E-state index in [1.165, 1.54) is 0 Å². The van der Waals surface area contributed by atoms with Crippen LogP contribution < -0.4 is 0 Å². The van der Waals surface area contributed by atoms with Crippen LogP contribution in [0.5, 0.6) is 0 Å². The van der Waals surface area contributed by atoms with Gasteiger partial charge in [-0.15, -0.1) is 0 Å². The molecule has 0 radical (unpaired) electrons. The molecule has 9 atom stereocenters. The molecule has 0 saturated carbocycles. The van der Waals surface area contributed by atoms with Crippen LogP contribution in [0.25, 0.3) is 0 Å². The maximum Gasteiger partial charge on any atom is 0.154 e. The predicted octanol–water partition coefficient (Wildman–Crippen LogP) is -6.17. The third kappa shape index (κ3) is 3.53. The van der Waals surface area contributed by atoms with Gasteiger partial charge in [0.15, 0.2) is 11.9 Å². The predicted molar refractivity (Wildman–Crippen MR) is 69.9 cm³/mol. The Balaban J connectivity index is 3.27. The van der Waals surface area contributed by atoms with Crippen molar-refractivity contribution < 1.29 is 55.5 Å². The van der Waals surface area contributed by atoms with Crippen molar-refractivity contribution in [3.63, 3.8) is 0 Å². The largest absolute Gasteiger partial charge is 0.394 e. The molecule has 0 aromatic rings. The highest BCUT2D eigenvalue weighted by molar-refractivity contribution is 5.59. The molecule has 11 heteroatoms. The molecule has 1 aliphatic heterocycles. The minimum atomic E-state index is -3.04. The molecule has 1 rings (SSSR count). The fourth-order valence-electron chi connectivity index (χ4n) is 2.51. The number of aliphatic hydroxyl groups is 9. The zero-order valence-electron chi connectivity index (χ0n) is 12.0. The number of hydrogen-bond donors (Lipinski definition) is 9. The molecule has 4 unspecified atom stereocenters. The van der Waals surface area contributed by atoms with Gasteiger partial charge < -0.3 is 55.5 Å². The summed E-state index contributed by atoms with van der Waals surface area (Å²) in [6.45, 7) is -1.92. The fraction of sp³-hybridized carbons (Fsp3) is 0.917. The van der Waals surface area contributed by atoms with Gasteiger partial charge in [-0.05, 0) is 0 Å². The van der Waals surface area contributed by atoms with Crippen LogP contribution in [-0.2, 0) is 9.53 Å². The summed E-state index contributed by atoms with van der Waals surface area (Å²) in [5, 5.41) is 86.9. The highest BCUT2D eigenvalue weighted by Gasteiger charge is 2.59. The molecule has 11 nitrogen and oxygen atoms in total. The van der Waals surface area contributed by atoms with Gasteiger partial charge in [0.1, 0.15) is 48.8 Å². The van der Waals surface area contributed by atoms with E-state index in [9.17, 15) is 40.5 Å². The number of hydrogen-bond acceptors (Lipinski definition) is 11. The van der Waals surface area contributed by atoms with Gasteiger partial charge in [-0.3, -0.25) is 0 Å². The number of carbonyl (C=O) groups is 1. The Morgan fingerprint density at radius 2 is 1.61 bits per heavy atom. The highest BCUT2D eigenvalue weighted by atomic mass is 16.6. The van der Waals surface area contributed by atoms with Gasteiger partial charge in [0.2, 0.25) is 0 Å². The van der Waals surface area contributed by atoms with Crippen LogP contribution in [0, 0.1) is 0 Å². The summed E-state index contributed by atoms with van der Waals surface area (Å²) >= 11 is 0. The van der Waals surface area contributed by atoms with Crippen molar-refractivity contribution in [3.8, 4) is 0 Å². The lowest BCUT2D eigenvalue weighted by molar-refractivity contribution is -0.305. The fourth-order valence-corrected chi connectivity index (χ4v) is 2.51. The Morgan fingerprint density at radius 3 is 2.04 bits per heavy atom. The maximum atomic E-state index is 10.8. The van der Waals surface area contributed by atoms with Gasteiger partial charge in [-0.25, -0.2) is 0 Å². The van der Waals surface area contributed by atoms with Crippen molar-refractivity contribution in [3.05, 3.63) is 0 Å². The Hall–Kier alpha value is -0.730. The molecule has 1 aliphatic rings. The Labute approximate surface area is 130 Å². The average Bonchev–Trinajstić information content (AvgIpc) is 2.56. The lowest BCUT2D eigenvalue weighted by Gasteiger charge is -2.49. The molecular formula is C12H22O11. The highest BCUT2D eigenvalue weighted by Crippen LogP contribution is 2.33. The standard InChI is InChI=1S/C12H22O11/c13-1-4(16)10(21)12(22,6(17)3-15)11-9(20)8(19)7(18)5(2-14)23-11/h3-11,13-14,16-22H,1-2H2/t4?,5-,6?,7-,8+,9-,10?,11-,12?/m1/s1. The van der Waals surface area contributed by atoms with E-state index in [0.717, 1.165) is 0 Å². The van der Waals surface area contributed by atoms with Gasteiger partial charge in [-0.2, -0.15) is 0 Å². The Morgan fingerprint density at radius 1 is 1.04 bits per heavy atom. The van der Waals surface area contributed by atoms with Crippen molar-refractivity contribution in [2.75, 3.05) is 13.2 Å². The smallest absolute Gasteiger partial charge is 0.154 e. The molecule has 9 N–H and O–H groups in total. The van der Waals surface area contributed by atoms with Crippen LogP contribution in [0.3, 0.4) is 0 Å². The topological polar surface area (TPSA) is 208 Å². The average molecular weight is 342 g/mol. The minimum Gasteiger partial charge on any atom is -0.394 e.